The molecule has 1 aromatic rings. The molecule has 3 atom stereocenters. The summed E-state index contributed by atoms with van der Waals surface area (Å²) in [7, 11) is 0. The van der Waals surface area contributed by atoms with Crippen molar-refractivity contribution < 1.29 is 19.1 Å². The molecule has 1 aliphatic rings. The van der Waals surface area contributed by atoms with Gasteiger partial charge in [-0.2, -0.15) is 0 Å². The second-order valence-electron chi connectivity index (χ2n) is 6.71. The molecule has 0 amide bonds. The van der Waals surface area contributed by atoms with Gasteiger partial charge in [0.2, 0.25) is 5.13 Å². The highest BCUT2D eigenvalue weighted by atomic mass is 32.2. The van der Waals surface area contributed by atoms with Crippen LogP contribution in [0.5, 0.6) is 0 Å². The number of nitrogens with two attached hydrogens (primary N) is 1. The van der Waals surface area contributed by atoms with E-state index < -0.39 is 11.9 Å². The average Bonchev–Trinajstić information content (AvgIpc) is 2.96. The third-order valence-electron chi connectivity index (χ3n) is 4.33. The number of rotatable bonds is 7. The van der Waals surface area contributed by atoms with Crippen LogP contribution in [0.3, 0.4) is 0 Å². The Morgan fingerprint density at radius 2 is 2.08 bits per heavy atom. The molecule has 1 fully saturated rings. The van der Waals surface area contributed by atoms with E-state index in [9.17, 15) is 9.59 Å². The van der Waals surface area contributed by atoms with Gasteiger partial charge in [-0.3, -0.25) is 4.79 Å². The van der Waals surface area contributed by atoms with Crippen LogP contribution in [0.1, 0.15) is 40.0 Å². The van der Waals surface area contributed by atoms with E-state index in [2.05, 4.69) is 31.0 Å². The van der Waals surface area contributed by atoms with Crippen LogP contribution in [-0.2, 0) is 19.1 Å². The van der Waals surface area contributed by atoms with Crippen LogP contribution in [0, 0.1) is 17.8 Å². The molecule has 1 aromatic heterocycles. The first-order valence-corrected chi connectivity index (χ1v) is 10.2. The average molecular weight is 388 g/mol. The second-order valence-corrected chi connectivity index (χ2v) is 8.94. The summed E-state index contributed by atoms with van der Waals surface area (Å²) in [5.74, 6) is 0.456. The lowest BCUT2D eigenvalue weighted by molar-refractivity contribution is -0.166. The standard InChI is InChI=1S/C16H25N3O4S2/c1-9(2)11-5-4-10(3)6-12(11)23-13(20)7-22-14(21)8-24-16-19-18-15(17)25-16/h9-12H,4-8H2,1-3H3,(H2,17,18)/t10-,11+,12+/m0/s1. The molecule has 0 radical (unpaired) electrons. The predicted molar refractivity (Wildman–Crippen MR) is 97.2 cm³/mol. The van der Waals surface area contributed by atoms with E-state index in [4.69, 9.17) is 15.2 Å². The summed E-state index contributed by atoms with van der Waals surface area (Å²) >= 11 is 2.38. The maximum Gasteiger partial charge on any atom is 0.344 e. The zero-order valence-electron chi connectivity index (χ0n) is 14.8. The first-order chi connectivity index (χ1) is 11.8. The van der Waals surface area contributed by atoms with E-state index in [0.717, 1.165) is 12.8 Å². The van der Waals surface area contributed by atoms with E-state index >= 15 is 0 Å². The van der Waals surface area contributed by atoms with E-state index in [1.807, 2.05) is 0 Å². The van der Waals surface area contributed by atoms with Crippen LogP contribution in [0.4, 0.5) is 5.13 Å². The Hall–Kier alpha value is -1.35. The minimum Gasteiger partial charge on any atom is -0.460 e. The van der Waals surface area contributed by atoms with Gasteiger partial charge in [0.25, 0.3) is 0 Å². The molecule has 9 heteroatoms. The van der Waals surface area contributed by atoms with E-state index in [-0.39, 0.29) is 18.5 Å². The highest BCUT2D eigenvalue weighted by Crippen LogP contribution is 2.35. The first kappa shape index (κ1) is 20.0. The molecule has 0 bridgehead atoms. The predicted octanol–water partition coefficient (Wildman–Crippen LogP) is 2.76. The summed E-state index contributed by atoms with van der Waals surface area (Å²) in [6.07, 6.45) is 3.02. The Kier molecular flexibility index (Phi) is 7.49. The molecule has 7 nitrogen and oxygen atoms in total. The molecule has 1 saturated carbocycles. The number of anilines is 1. The zero-order valence-corrected chi connectivity index (χ0v) is 16.4. The van der Waals surface area contributed by atoms with Gasteiger partial charge in [0.1, 0.15) is 6.10 Å². The molecular formula is C16H25N3O4S2. The largest absolute Gasteiger partial charge is 0.460 e. The van der Waals surface area contributed by atoms with Crippen molar-refractivity contribution in [2.45, 2.75) is 50.5 Å². The maximum absolute atomic E-state index is 12.0. The maximum atomic E-state index is 12.0. The monoisotopic (exact) mass is 387 g/mol. The minimum absolute atomic E-state index is 0.0526. The van der Waals surface area contributed by atoms with Gasteiger partial charge in [0, 0.05) is 0 Å². The quantitative estimate of drug-likeness (QED) is 0.562. The van der Waals surface area contributed by atoms with Crippen molar-refractivity contribution in [3.05, 3.63) is 0 Å². The van der Waals surface area contributed by atoms with Crippen molar-refractivity contribution >= 4 is 40.2 Å². The number of nitrogen functional groups attached to an aromatic ring is 1. The number of carbonyl (C=O) groups excluding carboxylic acids is 2. The van der Waals surface area contributed by atoms with Crippen molar-refractivity contribution in [1.29, 1.82) is 0 Å². The Bertz CT molecular complexity index is 594. The molecule has 2 N–H and O–H groups in total. The number of nitrogens with zero attached hydrogens (tertiary/aromatic N) is 2. The summed E-state index contributed by atoms with van der Waals surface area (Å²) < 4.78 is 11.2. The second kappa shape index (κ2) is 9.38. The summed E-state index contributed by atoms with van der Waals surface area (Å²) in [6.45, 7) is 6.13. The molecular weight excluding hydrogens is 362 g/mol. The van der Waals surface area contributed by atoms with Crippen LogP contribution in [-0.4, -0.2) is 40.6 Å². The number of esters is 2. The number of hydrogen-bond acceptors (Lipinski definition) is 9. The topological polar surface area (TPSA) is 104 Å². The van der Waals surface area contributed by atoms with Gasteiger partial charge >= 0.3 is 11.9 Å². The normalized spacial score (nSPS) is 23.4. The number of ether oxygens (including phenoxy) is 2. The van der Waals surface area contributed by atoms with Crippen molar-refractivity contribution in [3.8, 4) is 0 Å². The minimum atomic E-state index is -0.492. The van der Waals surface area contributed by atoms with E-state index in [1.165, 1.54) is 29.5 Å². The molecule has 0 aromatic carbocycles. The molecule has 0 aliphatic heterocycles. The highest BCUT2D eigenvalue weighted by molar-refractivity contribution is 8.01. The van der Waals surface area contributed by atoms with Crippen LogP contribution in [0.15, 0.2) is 4.34 Å². The molecule has 1 heterocycles. The van der Waals surface area contributed by atoms with Crippen molar-refractivity contribution in [1.82, 2.24) is 10.2 Å². The molecule has 0 unspecified atom stereocenters. The molecule has 2 rings (SSSR count). The summed E-state index contributed by atoms with van der Waals surface area (Å²) in [6, 6.07) is 0. The Morgan fingerprint density at radius 3 is 2.72 bits per heavy atom. The SMILES string of the molecule is CC(C)[C@H]1CC[C@H](C)C[C@H]1OC(=O)COC(=O)CSc1nnc(N)s1. The van der Waals surface area contributed by atoms with Crippen LogP contribution >= 0.6 is 23.1 Å². The molecule has 25 heavy (non-hydrogen) atoms. The van der Waals surface area contributed by atoms with E-state index in [1.54, 1.807) is 0 Å². The molecule has 0 saturated heterocycles. The lowest BCUT2D eigenvalue weighted by Crippen LogP contribution is -2.36. The zero-order chi connectivity index (χ0) is 18.4. The van der Waals surface area contributed by atoms with Crippen molar-refractivity contribution in [2.75, 3.05) is 18.1 Å². The Balaban J connectivity index is 1.72. The van der Waals surface area contributed by atoms with Crippen molar-refractivity contribution in [3.63, 3.8) is 0 Å². The Morgan fingerprint density at radius 1 is 1.32 bits per heavy atom. The van der Waals surface area contributed by atoms with Crippen LogP contribution in [0.25, 0.3) is 0 Å². The lowest BCUT2D eigenvalue weighted by Gasteiger charge is -2.36. The molecule has 0 spiro atoms. The van der Waals surface area contributed by atoms with Crippen molar-refractivity contribution in [2.24, 2.45) is 17.8 Å². The number of aromatic nitrogens is 2. The fraction of sp³-hybridized carbons (Fsp3) is 0.750. The number of thioether (sulfide) groups is 1. The number of hydrogen-bond donors (Lipinski definition) is 1. The number of carbonyl (C=O) groups is 2. The van der Waals surface area contributed by atoms with Crippen LogP contribution < -0.4 is 5.73 Å². The van der Waals surface area contributed by atoms with Crippen LogP contribution in [0.2, 0.25) is 0 Å². The van der Waals surface area contributed by atoms with Gasteiger partial charge in [-0.25, -0.2) is 4.79 Å². The van der Waals surface area contributed by atoms with Gasteiger partial charge in [0.05, 0.1) is 5.75 Å². The van der Waals surface area contributed by atoms with Gasteiger partial charge in [-0.1, -0.05) is 50.3 Å². The van der Waals surface area contributed by atoms with Gasteiger partial charge in [0.15, 0.2) is 10.9 Å². The van der Waals surface area contributed by atoms with Gasteiger partial charge in [-0.15, -0.1) is 10.2 Å². The third kappa shape index (κ3) is 6.47. The fourth-order valence-electron chi connectivity index (χ4n) is 3.03. The smallest absolute Gasteiger partial charge is 0.344 e. The Labute approximate surface area is 156 Å². The lowest BCUT2D eigenvalue weighted by atomic mass is 9.75. The fourth-order valence-corrected chi connectivity index (χ4v) is 4.47. The molecule has 140 valence electrons. The summed E-state index contributed by atoms with van der Waals surface area (Å²) in [5.41, 5.74) is 5.47. The van der Waals surface area contributed by atoms with E-state index in [0.29, 0.717) is 27.2 Å². The molecule has 1 aliphatic carbocycles. The van der Waals surface area contributed by atoms with Gasteiger partial charge < -0.3 is 15.2 Å². The van der Waals surface area contributed by atoms with Gasteiger partial charge in [-0.05, 0) is 30.6 Å². The third-order valence-corrected chi connectivity index (χ3v) is 6.19. The summed E-state index contributed by atoms with van der Waals surface area (Å²) in [5, 5.41) is 7.81. The first-order valence-electron chi connectivity index (χ1n) is 8.42. The highest BCUT2D eigenvalue weighted by Gasteiger charge is 2.33. The summed E-state index contributed by atoms with van der Waals surface area (Å²) in [4.78, 5) is 23.7.